The van der Waals surface area contributed by atoms with E-state index in [4.69, 9.17) is 0 Å². The van der Waals surface area contributed by atoms with Gasteiger partial charge in [0, 0.05) is 6.07 Å². The highest BCUT2D eigenvalue weighted by Gasteiger charge is 2.20. The molecule has 0 amide bonds. The van der Waals surface area contributed by atoms with Gasteiger partial charge in [0.25, 0.3) is 20.2 Å². The number of fused-ring (bicyclic) bond motifs is 1. The zero-order chi connectivity index (χ0) is 26.2. The van der Waals surface area contributed by atoms with Crippen LogP contribution in [0, 0.1) is 0 Å². The molecule has 0 unspecified atom stereocenters. The van der Waals surface area contributed by atoms with E-state index in [1.165, 1.54) is 75.6 Å². The van der Waals surface area contributed by atoms with Crippen LogP contribution < -0.4 is 4.57 Å². The van der Waals surface area contributed by atoms with Gasteiger partial charge in [-0.25, -0.2) is 9.13 Å². The highest BCUT2D eigenvalue weighted by molar-refractivity contribution is 7.86. The third kappa shape index (κ3) is 8.12. The van der Waals surface area contributed by atoms with Crippen molar-refractivity contribution in [1.29, 1.82) is 0 Å². The Bertz CT molecular complexity index is 1350. The molecule has 0 aliphatic carbocycles. The summed E-state index contributed by atoms with van der Waals surface area (Å²) in [5.41, 5.74) is 2.28. The van der Waals surface area contributed by atoms with Crippen LogP contribution in [0.2, 0.25) is 0 Å². The average Bonchev–Trinajstić information content (AvgIpc) is 3.16. The molecule has 1 heterocycles. The normalized spacial score (nSPS) is 12.4. The van der Waals surface area contributed by atoms with Gasteiger partial charge < -0.3 is 0 Å². The summed E-state index contributed by atoms with van der Waals surface area (Å²) in [7, 11) is -8.63. The first-order valence-corrected chi connectivity index (χ1v) is 15.5. The molecule has 198 valence electrons. The van der Waals surface area contributed by atoms with E-state index < -0.39 is 20.2 Å². The zero-order valence-corrected chi connectivity index (χ0v) is 22.5. The fourth-order valence-corrected chi connectivity index (χ4v) is 5.45. The molecule has 0 fully saturated rings. The molecule has 10 heteroatoms. The van der Waals surface area contributed by atoms with Crippen LogP contribution in [0.1, 0.15) is 76.7 Å². The third-order valence-corrected chi connectivity index (χ3v) is 8.19. The molecule has 0 aliphatic heterocycles. The first kappa shape index (κ1) is 28.3. The maximum absolute atomic E-state index is 11.7. The number of unbranched alkanes of at least 4 members (excludes halogenated alkanes) is 9. The van der Waals surface area contributed by atoms with Gasteiger partial charge in [-0.3, -0.25) is 9.11 Å². The Kier molecular flexibility index (Phi) is 10.1. The Morgan fingerprint density at radius 1 is 0.722 bits per heavy atom. The van der Waals surface area contributed by atoms with Gasteiger partial charge in [-0.1, -0.05) is 70.4 Å². The van der Waals surface area contributed by atoms with E-state index in [0.29, 0.717) is 12.1 Å². The molecule has 0 radical (unpaired) electrons. The summed E-state index contributed by atoms with van der Waals surface area (Å²) in [4.78, 5) is -0.365. The van der Waals surface area contributed by atoms with Crippen LogP contribution in [0.15, 0.2) is 58.6 Å². The van der Waals surface area contributed by atoms with Crippen molar-refractivity contribution in [3.05, 3.63) is 54.4 Å². The highest BCUT2D eigenvalue weighted by atomic mass is 32.2. The second kappa shape index (κ2) is 12.8. The minimum Gasteiger partial charge on any atom is -0.282 e. The summed E-state index contributed by atoms with van der Waals surface area (Å²) in [6, 6.07) is 10.4. The standard InChI is InChI=1S/C26H36N2O6S2/c1-2-3-4-5-6-7-8-9-10-11-18-27-21-28(20-22-12-14-23(15-13-22)35(29,30)31)26-19-24(36(32,33)34)16-17-25(26)27/h12-17,19,21H,2-11,18,20H2,1H3,(H-,29,30,31,32,33,34)/p+1. The Hall–Kier alpha value is -2.27. The second-order valence-electron chi connectivity index (χ2n) is 9.36. The molecule has 0 aliphatic rings. The van der Waals surface area contributed by atoms with E-state index in [1.54, 1.807) is 18.2 Å². The fraction of sp³-hybridized carbons (Fsp3) is 0.500. The van der Waals surface area contributed by atoms with Crippen LogP contribution in [0.4, 0.5) is 0 Å². The van der Waals surface area contributed by atoms with Gasteiger partial charge in [-0.15, -0.1) is 0 Å². The maximum Gasteiger partial charge on any atom is 0.294 e. The molecule has 36 heavy (non-hydrogen) atoms. The van der Waals surface area contributed by atoms with E-state index in [2.05, 4.69) is 11.5 Å². The number of aromatic nitrogens is 2. The molecule has 0 spiro atoms. The van der Waals surface area contributed by atoms with E-state index in [1.807, 2.05) is 10.9 Å². The second-order valence-corrected chi connectivity index (χ2v) is 12.2. The molecule has 0 saturated heterocycles. The van der Waals surface area contributed by atoms with Gasteiger partial charge in [0.2, 0.25) is 6.33 Å². The average molecular weight is 538 g/mol. The number of benzene rings is 2. The van der Waals surface area contributed by atoms with Crippen molar-refractivity contribution in [2.45, 2.75) is 94.0 Å². The van der Waals surface area contributed by atoms with Crippen molar-refractivity contribution in [3.8, 4) is 0 Å². The van der Waals surface area contributed by atoms with Crippen LogP contribution >= 0.6 is 0 Å². The van der Waals surface area contributed by atoms with Crippen LogP contribution in [-0.4, -0.2) is 30.5 Å². The van der Waals surface area contributed by atoms with Gasteiger partial charge >= 0.3 is 0 Å². The summed E-state index contributed by atoms with van der Waals surface area (Å²) in [6.45, 7) is 3.38. The molecule has 1 aromatic heterocycles. The van der Waals surface area contributed by atoms with Crippen LogP contribution in [-0.2, 0) is 33.3 Å². The lowest BCUT2D eigenvalue weighted by atomic mass is 10.1. The molecule has 0 saturated carbocycles. The maximum atomic E-state index is 11.7. The number of aryl methyl sites for hydroxylation is 1. The van der Waals surface area contributed by atoms with E-state index in [9.17, 15) is 25.9 Å². The quantitative estimate of drug-likeness (QED) is 0.152. The highest BCUT2D eigenvalue weighted by Crippen LogP contribution is 2.20. The van der Waals surface area contributed by atoms with E-state index in [-0.39, 0.29) is 9.79 Å². The molecular weight excluding hydrogens is 500 g/mol. The Morgan fingerprint density at radius 2 is 1.25 bits per heavy atom. The Labute approximate surface area is 214 Å². The molecule has 0 bridgehead atoms. The van der Waals surface area contributed by atoms with Crippen LogP contribution in [0.3, 0.4) is 0 Å². The number of hydrogen-bond donors (Lipinski definition) is 2. The molecule has 3 rings (SSSR count). The predicted molar refractivity (Wildman–Crippen MR) is 139 cm³/mol. The first-order chi connectivity index (χ1) is 17.1. The monoisotopic (exact) mass is 537 g/mol. The number of rotatable bonds is 15. The summed E-state index contributed by atoms with van der Waals surface area (Å²) < 4.78 is 68.7. The molecule has 3 aromatic rings. The molecule has 0 atom stereocenters. The summed E-state index contributed by atoms with van der Waals surface area (Å²) in [5.74, 6) is 0. The van der Waals surface area contributed by atoms with Gasteiger partial charge in [0.15, 0.2) is 11.0 Å². The lowest BCUT2D eigenvalue weighted by Crippen LogP contribution is -2.32. The number of imidazole rings is 1. The van der Waals surface area contributed by atoms with Gasteiger partial charge in [-0.2, -0.15) is 16.8 Å². The largest absolute Gasteiger partial charge is 0.294 e. The SMILES string of the molecule is CCCCCCCCCCCC[n+]1cn(Cc2ccc(S(=O)(=O)O)cc2)c2cc(S(=O)(=O)O)ccc21. The summed E-state index contributed by atoms with van der Waals surface area (Å²) >= 11 is 0. The van der Waals surface area contributed by atoms with Crippen molar-refractivity contribution >= 4 is 31.3 Å². The first-order valence-electron chi connectivity index (χ1n) is 12.7. The van der Waals surface area contributed by atoms with Crippen molar-refractivity contribution in [2.24, 2.45) is 0 Å². The lowest BCUT2D eigenvalue weighted by Gasteiger charge is -2.02. The lowest BCUT2D eigenvalue weighted by molar-refractivity contribution is -0.672. The van der Waals surface area contributed by atoms with Gasteiger partial charge in [0.05, 0.1) is 16.3 Å². The van der Waals surface area contributed by atoms with E-state index >= 15 is 0 Å². The topological polar surface area (TPSA) is 118 Å². The van der Waals surface area contributed by atoms with Crippen LogP contribution in [0.5, 0.6) is 0 Å². The minimum absolute atomic E-state index is 0.179. The molecule has 2 aromatic carbocycles. The van der Waals surface area contributed by atoms with Crippen molar-refractivity contribution in [3.63, 3.8) is 0 Å². The number of nitrogens with zero attached hydrogens (tertiary/aromatic N) is 2. The molecule has 2 N–H and O–H groups in total. The third-order valence-electron chi connectivity index (χ3n) is 6.47. The van der Waals surface area contributed by atoms with Gasteiger partial charge in [-0.05, 0) is 42.7 Å². The predicted octanol–water partition coefficient (Wildman–Crippen LogP) is 5.39. The van der Waals surface area contributed by atoms with Gasteiger partial charge in [0.1, 0.15) is 6.54 Å². The van der Waals surface area contributed by atoms with Crippen molar-refractivity contribution < 1.29 is 30.5 Å². The summed E-state index contributed by atoms with van der Waals surface area (Å²) in [6.07, 6.45) is 14.3. The van der Waals surface area contributed by atoms with Crippen LogP contribution in [0.25, 0.3) is 11.0 Å². The van der Waals surface area contributed by atoms with Crippen molar-refractivity contribution in [2.75, 3.05) is 0 Å². The smallest absolute Gasteiger partial charge is 0.282 e. The Balaban J connectivity index is 1.69. The fourth-order valence-electron chi connectivity index (χ4n) is 4.47. The molecule has 8 nitrogen and oxygen atoms in total. The van der Waals surface area contributed by atoms with Crippen molar-refractivity contribution in [1.82, 2.24) is 4.57 Å². The minimum atomic E-state index is -4.35. The zero-order valence-electron chi connectivity index (χ0n) is 20.8. The molecular formula is C26H37N2O6S2+. The summed E-state index contributed by atoms with van der Waals surface area (Å²) in [5, 5.41) is 0. The Morgan fingerprint density at radius 3 is 1.81 bits per heavy atom. The van der Waals surface area contributed by atoms with E-state index in [0.717, 1.165) is 30.5 Å². The number of hydrogen-bond acceptors (Lipinski definition) is 4.